The van der Waals surface area contributed by atoms with Crippen molar-refractivity contribution in [3.8, 4) is 11.1 Å². The Bertz CT molecular complexity index is 1250. The van der Waals surface area contributed by atoms with Gasteiger partial charge in [-0.2, -0.15) is 0 Å². The Hall–Kier alpha value is -3.45. The van der Waals surface area contributed by atoms with Gasteiger partial charge in [-0.25, -0.2) is 9.18 Å². The second-order valence-corrected chi connectivity index (χ2v) is 10.1. The van der Waals surface area contributed by atoms with E-state index < -0.39 is 24.0 Å². The topological polar surface area (TPSA) is 71.8 Å². The molecule has 2 heterocycles. The molecule has 1 aromatic heterocycles. The monoisotopic (exact) mass is 492 g/mol. The van der Waals surface area contributed by atoms with Crippen LogP contribution < -0.4 is 5.56 Å². The summed E-state index contributed by atoms with van der Waals surface area (Å²) >= 11 is 0. The first-order valence-corrected chi connectivity index (χ1v) is 12.3. The van der Waals surface area contributed by atoms with Crippen molar-refractivity contribution in [1.82, 2.24) is 9.47 Å². The molecule has 6 nitrogen and oxygen atoms in total. The number of carbonyl (C=O) groups is 1. The Morgan fingerprint density at radius 1 is 1.03 bits per heavy atom. The van der Waals surface area contributed by atoms with Crippen LogP contribution in [0.5, 0.6) is 0 Å². The highest BCUT2D eigenvalue weighted by Gasteiger charge is 2.46. The summed E-state index contributed by atoms with van der Waals surface area (Å²) in [6.45, 7) is 5.32. The number of cyclic esters (lactones) is 1. The van der Waals surface area contributed by atoms with Crippen LogP contribution >= 0.6 is 0 Å². The molecule has 2 aromatic carbocycles. The van der Waals surface area contributed by atoms with E-state index in [2.05, 4.69) is 0 Å². The minimum absolute atomic E-state index is 0.0246. The van der Waals surface area contributed by atoms with Gasteiger partial charge in [0.15, 0.2) is 0 Å². The number of aromatic nitrogens is 1. The van der Waals surface area contributed by atoms with Gasteiger partial charge in [0.2, 0.25) is 0 Å². The summed E-state index contributed by atoms with van der Waals surface area (Å²) in [6, 6.07) is 20.3. The van der Waals surface area contributed by atoms with Crippen molar-refractivity contribution in [2.75, 3.05) is 13.2 Å². The second-order valence-electron chi connectivity index (χ2n) is 10.1. The molecule has 1 fully saturated rings. The highest BCUT2D eigenvalue weighted by molar-refractivity contribution is 5.70. The molecular formula is C29H33FN2O4. The number of carbonyl (C=O) groups excluding carboxylic acids is 1. The lowest BCUT2D eigenvalue weighted by Crippen LogP contribution is -2.51. The number of rotatable bonds is 8. The van der Waals surface area contributed by atoms with Gasteiger partial charge in [-0.05, 0) is 49.1 Å². The molecule has 0 saturated carbocycles. The minimum Gasteiger partial charge on any atom is -0.438 e. The van der Waals surface area contributed by atoms with E-state index in [0.717, 1.165) is 22.3 Å². The van der Waals surface area contributed by atoms with Crippen molar-refractivity contribution in [3.63, 3.8) is 0 Å². The molecule has 0 spiro atoms. The number of aryl methyl sites for hydroxylation is 1. The summed E-state index contributed by atoms with van der Waals surface area (Å²) in [4.78, 5) is 26.9. The van der Waals surface area contributed by atoms with Gasteiger partial charge in [-0.3, -0.25) is 4.79 Å². The molecule has 0 aliphatic carbocycles. The molecule has 1 amide bonds. The number of benzene rings is 2. The molecule has 2 atom stereocenters. The molecule has 1 aliphatic rings. The Kier molecular flexibility index (Phi) is 7.31. The average Bonchev–Trinajstić information content (AvgIpc) is 2.85. The standard InChI is InChI=1S/C29H33FN2O4/c1-21(22-9-11-23(12-10-22)24-13-14-26(33)31(19-24)18-16-30)32-17-15-29(36-27(32)34,20-28(2,3)35)25-7-5-4-6-8-25/h4-14,19,21,35H,15-18,20H2,1-3H3. The van der Waals surface area contributed by atoms with E-state index in [1.807, 2.05) is 61.5 Å². The van der Waals surface area contributed by atoms with Crippen LogP contribution in [0.2, 0.25) is 0 Å². The third-order valence-electron chi connectivity index (χ3n) is 6.79. The van der Waals surface area contributed by atoms with Crippen LogP contribution in [-0.4, -0.2) is 39.5 Å². The van der Waals surface area contributed by atoms with Crippen molar-refractivity contribution in [2.45, 2.75) is 57.4 Å². The smallest absolute Gasteiger partial charge is 0.411 e. The number of alkyl halides is 1. The molecule has 190 valence electrons. The summed E-state index contributed by atoms with van der Waals surface area (Å²) < 4.78 is 20.2. The first-order chi connectivity index (χ1) is 17.1. The van der Waals surface area contributed by atoms with Crippen molar-refractivity contribution in [2.24, 2.45) is 0 Å². The lowest BCUT2D eigenvalue weighted by Gasteiger charge is -2.45. The maximum absolute atomic E-state index is 13.3. The van der Waals surface area contributed by atoms with Crippen LogP contribution in [-0.2, 0) is 16.9 Å². The lowest BCUT2D eigenvalue weighted by atomic mass is 9.80. The number of nitrogens with zero attached hydrogens (tertiary/aromatic N) is 2. The maximum Gasteiger partial charge on any atom is 0.411 e. The fourth-order valence-electron chi connectivity index (χ4n) is 4.99. The van der Waals surface area contributed by atoms with E-state index in [4.69, 9.17) is 4.74 Å². The Labute approximate surface area is 211 Å². The van der Waals surface area contributed by atoms with E-state index >= 15 is 0 Å². The number of pyridine rings is 1. The van der Waals surface area contributed by atoms with Gasteiger partial charge in [0.1, 0.15) is 12.3 Å². The van der Waals surface area contributed by atoms with Gasteiger partial charge in [0.25, 0.3) is 5.56 Å². The molecule has 36 heavy (non-hydrogen) atoms. The quantitative estimate of drug-likeness (QED) is 0.454. The first-order valence-electron chi connectivity index (χ1n) is 12.3. The van der Waals surface area contributed by atoms with Gasteiger partial charge >= 0.3 is 6.09 Å². The molecule has 1 saturated heterocycles. The molecule has 2 unspecified atom stereocenters. The van der Waals surface area contributed by atoms with Gasteiger partial charge in [-0.15, -0.1) is 0 Å². The molecule has 0 bridgehead atoms. The normalized spacial score (nSPS) is 19.1. The predicted octanol–water partition coefficient (Wildman–Crippen LogP) is 5.44. The van der Waals surface area contributed by atoms with E-state index in [0.29, 0.717) is 19.4 Å². The van der Waals surface area contributed by atoms with Gasteiger partial charge in [0.05, 0.1) is 18.2 Å². The number of amides is 1. The number of hydrogen-bond acceptors (Lipinski definition) is 4. The number of halogens is 1. The van der Waals surface area contributed by atoms with Crippen LogP contribution in [0, 0.1) is 0 Å². The van der Waals surface area contributed by atoms with Crippen LogP contribution in [0.25, 0.3) is 11.1 Å². The molecule has 1 N–H and O–H groups in total. The second kappa shape index (κ2) is 10.3. The summed E-state index contributed by atoms with van der Waals surface area (Å²) in [5.74, 6) is 0. The number of ether oxygens (including phenoxy) is 1. The Morgan fingerprint density at radius 3 is 2.31 bits per heavy atom. The minimum atomic E-state index is -1.01. The molecule has 1 aliphatic heterocycles. The molecular weight excluding hydrogens is 459 g/mol. The third kappa shape index (κ3) is 5.51. The van der Waals surface area contributed by atoms with Crippen LogP contribution in [0.3, 0.4) is 0 Å². The third-order valence-corrected chi connectivity index (χ3v) is 6.79. The average molecular weight is 493 g/mol. The highest BCUT2D eigenvalue weighted by Crippen LogP contribution is 2.42. The summed E-state index contributed by atoms with van der Waals surface area (Å²) in [7, 11) is 0. The molecule has 0 radical (unpaired) electrons. The highest BCUT2D eigenvalue weighted by atomic mass is 19.1. The number of hydrogen-bond donors (Lipinski definition) is 1. The van der Waals surface area contributed by atoms with Gasteiger partial charge < -0.3 is 19.3 Å². The summed E-state index contributed by atoms with van der Waals surface area (Å²) in [6.07, 6.45) is 2.11. The van der Waals surface area contributed by atoms with Gasteiger partial charge in [0, 0.05) is 31.6 Å². The predicted molar refractivity (Wildman–Crippen MR) is 137 cm³/mol. The van der Waals surface area contributed by atoms with Crippen LogP contribution in [0.1, 0.15) is 50.8 Å². The van der Waals surface area contributed by atoms with Crippen LogP contribution in [0.4, 0.5) is 9.18 Å². The van der Waals surface area contributed by atoms with Gasteiger partial charge in [-0.1, -0.05) is 54.6 Å². The largest absolute Gasteiger partial charge is 0.438 e. The maximum atomic E-state index is 13.3. The zero-order valence-electron chi connectivity index (χ0n) is 21.0. The fraction of sp³-hybridized carbons (Fsp3) is 0.379. The molecule has 7 heteroatoms. The summed E-state index contributed by atoms with van der Waals surface area (Å²) in [5.41, 5.74) is 1.41. The van der Waals surface area contributed by atoms with Crippen molar-refractivity contribution in [1.29, 1.82) is 0 Å². The SMILES string of the molecule is CC(c1ccc(-c2ccc(=O)n(CCF)c2)cc1)N1CCC(CC(C)(C)O)(c2ccccc2)OC1=O. The Balaban J connectivity index is 1.53. The lowest BCUT2D eigenvalue weighted by molar-refractivity contribution is -0.101. The van der Waals surface area contributed by atoms with E-state index in [9.17, 15) is 19.1 Å². The zero-order chi connectivity index (χ0) is 25.9. The fourth-order valence-corrected chi connectivity index (χ4v) is 4.99. The molecule has 4 rings (SSSR count). The zero-order valence-corrected chi connectivity index (χ0v) is 21.0. The van der Waals surface area contributed by atoms with Crippen molar-refractivity contribution < 1.29 is 19.0 Å². The van der Waals surface area contributed by atoms with E-state index in [1.54, 1.807) is 31.0 Å². The van der Waals surface area contributed by atoms with E-state index in [-0.39, 0.29) is 18.1 Å². The van der Waals surface area contributed by atoms with Crippen molar-refractivity contribution in [3.05, 3.63) is 94.4 Å². The van der Waals surface area contributed by atoms with E-state index in [1.165, 1.54) is 10.6 Å². The molecule has 3 aromatic rings. The van der Waals surface area contributed by atoms with Crippen LogP contribution in [0.15, 0.2) is 77.7 Å². The number of aliphatic hydroxyl groups is 1. The summed E-state index contributed by atoms with van der Waals surface area (Å²) in [5, 5.41) is 10.6. The Morgan fingerprint density at radius 2 is 1.69 bits per heavy atom. The van der Waals surface area contributed by atoms with Crippen molar-refractivity contribution >= 4 is 6.09 Å². The first kappa shape index (κ1) is 25.6.